The molecule has 0 atom stereocenters. The molecule has 0 amide bonds. The SMILES string of the molecule is CC(=O)OCCC1COC1. The van der Waals surface area contributed by atoms with Crippen molar-refractivity contribution < 1.29 is 14.3 Å². The van der Waals surface area contributed by atoms with Gasteiger partial charge in [0.25, 0.3) is 0 Å². The number of esters is 1. The minimum atomic E-state index is -0.194. The molecule has 1 fully saturated rings. The zero-order valence-electron chi connectivity index (χ0n) is 6.13. The van der Waals surface area contributed by atoms with Crippen molar-refractivity contribution in [3.63, 3.8) is 0 Å². The summed E-state index contributed by atoms with van der Waals surface area (Å²) in [5.41, 5.74) is 0. The number of hydrogen-bond acceptors (Lipinski definition) is 3. The van der Waals surface area contributed by atoms with Gasteiger partial charge in [0, 0.05) is 12.8 Å². The highest BCUT2D eigenvalue weighted by molar-refractivity contribution is 5.65. The summed E-state index contributed by atoms with van der Waals surface area (Å²) in [5, 5.41) is 0. The third kappa shape index (κ3) is 2.35. The van der Waals surface area contributed by atoms with Crippen LogP contribution in [0.15, 0.2) is 0 Å². The lowest BCUT2D eigenvalue weighted by Crippen LogP contribution is -2.28. The third-order valence-electron chi connectivity index (χ3n) is 1.54. The molecule has 0 aromatic carbocycles. The van der Waals surface area contributed by atoms with Gasteiger partial charge in [0.1, 0.15) is 0 Å². The van der Waals surface area contributed by atoms with E-state index in [2.05, 4.69) is 0 Å². The lowest BCUT2D eigenvalue weighted by Gasteiger charge is -2.25. The van der Waals surface area contributed by atoms with Crippen LogP contribution in [-0.2, 0) is 14.3 Å². The summed E-state index contributed by atoms with van der Waals surface area (Å²) < 4.78 is 9.71. The predicted molar refractivity (Wildman–Crippen MR) is 35.6 cm³/mol. The molecule has 0 spiro atoms. The fourth-order valence-electron chi connectivity index (χ4n) is 0.821. The van der Waals surface area contributed by atoms with Crippen LogP contribution in [0.4, 0.5) is 0 Å². The molecule has 1 aliphatic heterocycles. The van der Waals surface area contributed by atoms with Gasteiger partial charge in [-0.1, -0.05) is 0 Å². The molecule has 0 unspecified atom stereocenters. The minimum Gasteiger partial charge on any atom is -0.466 e. The van der Waals surface area contributed by atoms with Crippen LogP contribution in [0.1, 0.15) is 13.3 Å². The van der Waals surface area contributed by atoms with Gasteiger partial charge in [-0.25, -0.2) is 0 Å². The first-order chi connectivity index (χ1) is 4.79. The Morgan fingerprint density at radius 3 is 2.80 bits per heavy atom. The van der Waals surface area contributed by atoms with Crippen molar-refractivity contribution in [3.05, 3.63) is 0 Å². The van der Waals surface area contributed by atoms with E-state index in [9.17, 15) is 4.79 Å². The maximum absolute atomic E-state index is 10.3. The monoisotopic (exact) mass is 144 g/mol. The lowest BCUT2D eigenvalue weighted by molar-refractivity contribution is -0.142. The van der Waals surface area contributed by atoms with E-state index >= 15 is 0 Å². The molecule has 0 aliphatic carbocycles. The Morgan fingerprint density at radius 1 is 1.70 bits per heavy atom. The first kappa shape index (κ1) is 7.54. The first-order valence-corrected chi connectivity index (χ1v) is 3.50. The molecule has 0 N–H and O–H groups in total. The topological polar surface area (TPSA) is 35.5 Å². The Labute approximate surface area is 60.3 Å². The second-order valence-corrected chi connectivity index (χ2v) is 2.53. The molecule has 3 heteroatoms. The maximum Gasteiger partial charge on any atom is 0.302 e. The van der Waals surface area contributed by atoms with Gasteiger partial charge >= 0.3 is 5.97 Å². The zero-order chi connectivity index (χ0) is 7.40. The maximum atomic E-state index is 10.3. The van der Waals surface area contributed by atoms with Crippen molar-refractivity contribution in [2.24, 2.45) is 5.92 Å². The van der Waals surface area contributed by atoms with Gasteiger partial charge < -0.3 is 9.47 Å². The average Bonchev–Trinajstić information content (AvgIpc) is 1.75. The van der Waals surface area contributed by atoms with Gasteiger partial charge in [-0.05, 0) is 6.42 Å². The van der Waals surface area contributed by atoms with Crippen molar-refractivity contribution in [1.29, 1.82) is 0 Å². The van der Waals surface area contributed by atoms with Gasteiger partial charge in [-0.2, -0.15) is 0 Å². The quantitative estimate of drug-likeness (QED) is 0.544. The van der Waals surface area contributed by atoms with E-state index < -0.39 is 0 Å². The number of hydrogen-bond donors (Lipinski definition) is 0. The van der Waals surface area contributed by atoms with Gasteiger partial charge in [0.15, 0.2) is 0 Å². The normalized spacial score (nSPS) is 18.1. The summed E-state index contributed by atoms with van der Waals surface area (Å²) in [7, 11) is 0. The zero-order valence-corrected chi connectivity index (χ0v) is 6.13. The molecule has 3 nitrogen and oxygen atoms in total. The molecule has 1 heterocycles. The van der Waals surface area contributed by atoms with Gasteiger partial charge in [-0.15, -0.1) is 0 Å². The summed E-state index contributed by atoms with van der Waals surface area (Å²) >= 11 is 0. The highest BCUT2D eigenvalue weighted by atomic mass is 16.5. The number of ether oxygens (including phenoxy) is 2. The summed E-state index contributed by atoms with van der Waals surface area (Å²) in [5.74, 6) is 0.430. The van der Waals surface area contributed by atoms with Crippen molar-refractivity contribution >= 4 is 5.97 Å². The highest BCUT2D eigenvalue weighted by Gasteiger charge is 2.17. The molecule has 0 aromatic rings. The Morgan fingerprint density at radius 2 is 2.40 bits per heavy atom. The first-order valence-electron chi connectivity index (χ1n) is 3.50. The predicted octanol–water partition coefficient (Wildman–Crippen LogP) is 0.586. The standard InChI is InChI=1S/C7H12O3/c1-6(8)10-3-2-7-4-9-5-7/h7H,2-5H2,1H3. The molecular formula is C7H12O3. The Hall–Kier alpha value is -0.570. The van der Waals surface area contributed by atoms with Gasteiger partial charge in [0.05, 0.1) is 19.8 Å². The molecule has 1 aliphatic rings. The lowest BCUT2D eigenvalue weighted by atomic mass is 10.1. The summed E-state index contributed by atoms with van der Waals surface area (Å²) in [4.78, 5) is 10.3. The number of carbonyl (C=O) groups excluding carboxylic acids is 1. The van der Waals surface area contributed by atoms with Crippen molar-refractivity contribution in [1.82, 2.24) is 0 Å². The van der Waals surface area contributed by atoms with Crippen LogP contribution in [0.25, 0.3) is 0 Å². The van der Waals surface area contributed by atoms with E-state index in [1.54, 1.807) is 0 Å². The molecule has 10 heavy (non-hydrogen) atoms. The van der Waals surface area contributed by atoms with Crippen molar-refractivity contribution in [2.45, 2.75) is 13.3 Å². The van der Waals surface area contributed by atoms with E-state index in [-0.39, 0.29) is 5.97 Å². The fourth-order valence-corrected chi connectivity index (χ4v) is 0.821. The third-order valence-corrected chi connectivity index (χ3v) is 1.54. The molecule has 58 valence electrons. The second-order valence-electron chi connectivity index (χ2n) is 2.53. The summed E-state index contributed by atoms with van der Waals surface area (Å²) in [6.07, 6.45) is 0.944. The fraction of sp³-hybridized carbons (Fsp3) is 0.857. The Kier molecular flexibility index (Phi) is 2.68. The second kappa shape index (κ2) is 3.56. The average molecular weight is 144 g/mol. The summed E-state index contributed by atoms with van der Waals surface area (Å²) in [6.45, 7) is 3.64. The van der Waals surface area contributed by atoms with Crippen LogP contribution in [0.5, 0.6) is 0 Å². The molecule has 0 aromatic heterocycles. The van der Waals surface area contributed by atoms with Gasteiger partial charge in [-0.3, -0.25) is 4.79 Å². The molecule has 0 bridgehead atoms. The van der Waals surface area contributed by atoms with Gasteiger partial charge in [0.2, 0.25) is 0 Å². The Bertz CT molecular complexity index is 118. The van der Waals surface area contributed by atoms with E-state index in [1.165, 1.54) is 6.92 Å². The van der Waals surface area contributed by atoms with E-state index in [0.29, 0.717) is 12.5 Å². The van der Waals surface area contributed by atoms with Crippen molar-refractivity contribution in [2.75, 3.05) is 19.8 Å². The van der Waals surface area contributed by atoms with Crippen LogP contribution in [-0.4, -0.2) is 25.8 Å². The molecule has 0 saturated carbocycles. The van der Waals surface area contributed by atoms with Crippen LogP contribution in [0, 0.1) is 5.92 Å². The molecule has 0 radical (unpaired) electrons. The smallest absolute Gasteiger partial charge is 0.302 e. The Balaban J connectivity index is 1.89. The van der Waals surface area contributed by atoms with E-state index in [4.69, 9.17) is 9.47 Å². The minimum absolute atomic E-state index is 0.194. The van der Waals surface area contributed by atoms with Crippen molar-refractivity contribution in [3.8, 4) is 0 Å². The molecule has 1 saturated heterocycles. The molecular weight excluding hydrogens is 132 g/mol. The van der Waals surface area contributed by atoms with Crippen LogP contribution in [0.2, 0.25) is 0 Å². The highest BCUT2D eigenvalue weighted by Crippen LogP contribution is 2.13. The van der Waals surface area contributed by atoms with E-state index in [1.807, 2.05) is 0 Å². The number of carbonyl (C=O) groups is 1. The van der Waals surface area contributed by atoms with Crippen LogP contribution in [0.3, 0.4) is 0 Å². The van der Waals surface area contributed by atoms with Crippen LogP contribution < -0.4 is 0 Å². The number of rotatable bonds is 3. The van der Waals surface area contributed by atoms with Crippen LogP contribution >= 0.6 is 0 Å². The van der Waals surface area contributed by atoms with E-state index in [0.717, 1.165) is 19.6 Å². The summed E-state index contributed by atoms with van der Waals surface area (Å²) in [6, 6.07) is 0. The largest absolute Gasteiger partial charge is 0.466 e. The molecule has 1 rings (SSSR count).